The minimum absolute atomic E-state index is 0.0706. The van der Waals surface area contributed by atoms with E-state index in [4.69, 9.17) is 26.8 Å². The first-order chi connectivity index (χ1) is 13.9. The van der Waals surface area contributed by atoms with Crippen LogP contribution >= 0.6 is 11.6 Å². The summed E-state index contributed by atoms with van der Waals surface area (Å²) >= 11 is 6.28. The number of anilines is 1. The highest BCUT2D eigenvalue weighted by molar-refractivity contribution is 6.31. The summed E-state index contributed by atoms with van der Waals surface area (Å²) < 4.78 is 9.73. The lowest BCUT2D eigenvalue weighted by Gasteiger charge is -2.32. The number of carbonyl (C=O) groups is 2. The predicted octanol–water partition coefficient (Wildman–Crippen LogP) is 3.43. The number of phenols is 1. The Hall–Kier alpha value is -2.77. The zero-order chi connectivity index (χ0) is 21.0. The van der Waals surface area contributed by atoms with Gasteiger partial charge < -0.3 is 25.2 Å². The molecule has 2 aromatic rings. The van der Waals surface area contributed by atoms with Gasteiger partial charge in [-0.3, -0.25) is 4.79 Å². The molecule has 0 radical (unpaired) electrons. The average molecular weight is 419 g/mol. The first-order valence-corrected chi connectivity index (χ1v) is 9.79. The normalized spacial score (nSPS) is 14.1. The average Bonchev–Trinajstić information content (AvgIpc) is 2.69. The molecule has 1 atom stereocenters. The fourth-order valence-electron chi connectivity index (χ4n) is 3.38. The van der Waals surface area contributed by atoms with Gasteiger partial charge in [0.1, 0.15) is 11.5 Å². The number of ether oxygens (including phenoxy) is 2. The van der Waals surface area contributed by atoms with Gasteiger partial charge >= 0.3 is 6.16 Å². The van der Waals surface area contributed by atoms with Crippen molar-refractivity contribution in [2.75, 3.05) is 18.1 Å². The summed E-state index contributed by atoms with van der Waals surface area (Å²) in [6.07, 6.45) is 0.995. The fourth-order valence-corrected chi connectivity index (χ4v) is 3.62. The van der Waals surface area contributed by atoms with Gasteiger partial charge in [0.05, 0.1) is 18.3 Å². The highest BCUT2D eigenvalue weighted by Gasteiger charge is 2.29. The summed E-state index contributed by atoms with van der Waals surface area (Å²) in [5, 5.41) is 10.6. The van der Waals surface area contributed by atoms with Crippen LogP contribution in [-0.2, 0) is 22.4 Å². The van der Waals surface area contributed by atoms with E-state index >= 15 is 0 Å². The van der Waals surface area contributed by atoms with Crippen molar-refractivity contribution in [1.82, 2.24) is 0 Å². The Kier molecular flexibility index (Phi) is 6.61. The van der Waals surface area contributed by atoms with E-state index in [1.54, 1.807) is 36.1 Å². The number of rotatable bonds is 5. The van der Waals surface area contributed by atoms with Crippen molar-refractivity contribution in [3.8, 4) is 11.5 Å². The molecule has 0 spiro atoms. The Bertz CT molecular complexity index is 918. The van der Waals surface area contributed by atoms with E-state index < -0.39 is 12.2 Å². The minimum atomic E-state index is -0.838. The monoisotopic (exact) mass is 418 g/mol. The van der Waals surface area contributed by atoms with E-state index in [9.17, 15) is 14.7 Å². The number of carbonyl (C=O) groups excluding carboxylic acids is 2. The van der Waals surface area contributed by atoms with Gasteiger partial charge in [-0.15, -0.1) is 0 Å². The van der Waals surface area contributed by atoms with Crippen molar-refractivity contribution in [2.24, 2.45) is 5.73 Å². The third kappa shape index (κ3) is 4.81. The molecule has 8 heteroatoms. The lowest BCUT2D eigenvalue weighted by atomic mass is 9.98. The number of aromatic hydroxyl groups is 1. The van der Waals surface area contributed by atoms with Crippen LogP contribution in [-0.4, -0.2) is 36.4 Å². The summed E-state index contributed by atoms with van der Waals surface area (Å²) in [7, 11) is 0. The number of benzene rings is 2. The molecular formula is C21H23ClN2O5. The zero-order valence-electron chi connectivity index (χ0n) is 16.1. The highest BCUT2D eigenvalue weighted by Crippen LogP contribution is 2.36. The van der Waals surface area contributed by atoms with E-state index in [1.807, 2.05) is 6.07 Å². The van der Waals surface area contributed by atoms with E-state index in [0.29, 0.717) is 22.8 Å². The molecule has 1 unspecified atom stereocenters. The molecule has 0 aliphatic carbocycles. The maximum absolute atomic E-state index is 13.0. The zero-order valence-corrected chi connectivity index (χ0v) is 16.8. The van der Waals surface area contributed by atoms with Gasteiger partial charge in [-0.25, -0.2) is 4.79 Å². The molecule has 7 nitrogen and oxygen atoms in total. The van der Waals surface area contributed by atoms with Gasteiger partial charge in [-0.1, -0.05) is 29.8 Å². The minimum Gasteiger partial charge on any atom is -0.506 e. The van der Waals surface area contributed by atoms with E-state index in [1.165, 1.54) is 6.07 Å². The lowest BCUT2D eigenvalue weighted by Crippen LogP contribution is -2.47. The number of nitrogens with two attached hydrogens (primary N) is 1. The lowest BCUT2D eigenvalue weighted by molar-refractivity contribution is -0.119. The van der Waals surface area contributed by atoms with Crippen LogP contribution in [0.25, 0.3) is 0 Å². The summed E-state index contributed by atoms with van der Waals surface area (Å²) in [6, 6.07) is 9.10. The molecule has 1 amide bonds. The van der Waals surface area contributed by atoms with Crippen molar-refractivity contribution < 1.29 is 24.2 Å². The molecule has 29 heavy (non-hydrogen) atoms. The third-order valence-electron chi connectivity index (χ3n) is 4.71. The molecule has 0 saturated carbocycles. The Morgan fingerprint density at radius 1 is 1.31 bits per heavy atom. The number of hydrogen-bond donors (Lipinski definition) is 2. The summed E-state index contributed by atoms with van der Waals surface area (Å²) in [5.74, 6) is 0.0311. The standard InChI is InChI=1S/C21H23ClN2O5/c1-2-28-21(27)29-15-9-8-14(16(22)12-15)11-17(23)20(26)24-10-4-6-13-5-3-7-18(25)19(13)24/h3,5,7-9,12,17,25H,2,4,6,10-11,23H2,1H3. The second-order valence-corrected chi connectivity index (χ2v) is 7.13. The van der Waals surface area contributed by atoms with Crippen LogP contribution in [0.5, 0.6) is 11.5 Å². The van der Waals surface area contributed by atoms with Crippen LogP contribution in [0.15, 0.2) is 36.4 Å². The summed E-state index contributed by atoms with van der Waals surface area (Å²) in [4.78, 5) is 25.9. The molecule has 1 aliphatic rings. The van der Waals surface area contributed by atoms with E-state index in [0.717, 1.165) is 18.4 Å². The quantitative estimate of drug-likeness (QED) is 0.569. The molecule has 0 saturated heterocycles. The molecule has 2 aromatic carbocycles. The van der Waals surface area contributed by atoms with Crippen molar-refractivity contribution in [3.63, 3.8) is 0 Å². The molecule has 0 aromatic heterocycles. The molecule has 0 fully saturated rings. The van der Waals surface area contributed by atoms with E-state index in [-0.39, 0.29) is 30.4 Å². The largest absolute Gasteiger partial charge is 0.513 e. The number of halogens is 1. The Labute approximate surface area is 174 Å². The van der Waals surface area contributed by atoms with Crippen molar-refractivity contribution in [3.05, 3.63) is 52.5 Å². The third-order valence-corrected chi connectivity index (χ3v) is 5.06. The highest BCUT2D eigenvalue weighted by atomic mass is 35.5. The first kappa shape index (κ1) is 21.0. The molecule has 1 heterocycles. The first-order valence-electron chi connectivity index (χ1n) is 9.41. The van der Waals surface area contributed by atoms with Crippen LogP contribution in [0.3, 0.4) is 0 Å². The number of aryl methyl sites for hydroxylation is 1. The number of hydrogen-bond acceptors (Lipinski definition) is 6. The van der Waals surface area contributed by atoms with Gasteiger partial charge in [0.15, 0.2) is 0 Å². The maximum Gasteiger partial charge on any atom is 0.513 e. The van der Waals surface area contributed by atoms with Gasteiger partial charge in [-0.2, -0.15) is 0 Å². The van der Waals surface area contributed by atoms with Crippen molar-refractivity contribution >= 4 is 29.4 Å². The summed E-state index contributed by atoms with van der Waals surface area (Å²) in [6.45, 7) is 2.38. The maximum atomic E-state index is 13.0. The van der Waals surface area contributed by atoms with E-state index in [2.05, 4.69) is 0 Å². The topological polar surface area (TPSA) is 102 Å². The number of para-hydroxylation sites is 1. The molecular weight excluding hydrogens is 396 g/mol. The smallest absolute Gasteiger partial charge is 0.506 e. The number of fused-ring (bicyclic) bond motifs is 1. The second-order valence-electron chi connectivity index (χ2n) is 6.73. The molecule has 154 valence electrons. The van der Waals surface area contributed by atoms with Crippen LogP contribution in [0, 0.1) is 0 Å². The van der Waals surface area contributed by atoms with Gasteiger partial charge in [0, 0.05) is 11.6 Å². The van der Waals surface area contributed by atoms with Gasteiger partial charge in [0.2, 0.25) is 5.91 Å². The fraction of sp³-hybridized carbons (Fsp3) is 0.333. The number of nitrogens with zero attached hydrogens (tertiary/aromatic N) is 1. The van der Waals surface area contributed by atoms with Gasteiger partial charge in [-0.05, 0) is 55.5 Å². The SMILES string of the molecule is CCOC(=O)Oc1ccc(CC(N)C(=O)N2CCCc3cccc(O)c32)c(Cl)c1. The molecule has 3 rings (SSSR count). The molecule has 0 bridgehead atoms. The Morgan fingerprint density at radius 3 is 2.83 bits per heavy atom. The van der Waals surface area contributed by atoms with Crippen LogP contribution in [0.4, 0.5) is 10.5 Å². The number of amides is 1. The molecule has 3 N–H and O–H groups in total. The Balaban J connectivity index is 1.72. The van der Waals surface area contributed by atoms with Crippen LogP contribution in [0.2, 0.25) is 5.02 Å². The van der Waals surface area contributed by atoms with Crippen LogP contribution in [0.1, 0.15) is 24.5 Å². The predicted molar refractivity (Wildman–Crippen MR) is 110 cm³/mol. The molecule has 1 aliphatic heterocycles. The summed E-state index contributed by atoms with van der Waals surface area (Å²) in [5.41, 5.74) is 8.29. The van der Waals surface area contributed by atoms with Gasteiger partial charge in [0.25, 0.3) is 0 Å². The second kappa shape index (κ2) is 9.15. The van der Waals surface area contributed by atoms with Crippen molar-refractivity contribution in [2.45, 2.75) is 32.2 Å². The number of phenolic OH excluding ortho intramolecular Hbond substituents is 1. The van der Waals surface area contributed by atoms with Crippen molar-refractivity contribution in [1.29, 1.82) is 0 Å². The van der Waals surface area contributed by atoms with Crippen LogP contribution < -0.4 is 15.4 Å². The Morgan fingerprint density at radius 2 is 2.10 bits per heavy atom.